The van der Waals surface area contributed by atoms with Gasteiger partial charge in [0, 0.05) is 23.4 Å². The Balaban J connectivity index is 1.93. The predicted molar refractivity (Wildman–Crippen MR) is 137 cm³/mol. The first-order valence-corrected chi connectivity index (χ1v) is 12.7. The van der Waals surface area contributed by atoms with Gasteiger partial charge in [0.05, 0.1) is 25.7 Å². The molecule has 1 heterocycles. The molecule has 1 aliphatic rings. The fraction of sp³-hybridized carbons (Fsp3) is 0.192. The lowest BCUT2D eigenvalue weighted by Crippen LogP contribution is -2.29. The molecule has 4 rings (SSSR count). The summed E-state index contributed by atoms with van der Waals surface area (Å²) in [5.41, 5.74) is 0.394. The highest BCUT2D eigenvalue weighted by Gasteiger charge is 2.50. The van der Waals surface area contributed by atoms with Crippen LogP contribution in [0.15, 0.2) is 71.6 Å². The van der Waals surface area contributed by atoms with Crippen molar-refractivity contribution < 1.29 is 32.3 Å². The van der Waals surface area contributed by atoms with Crippen molar-refractivity contribution in [3.63, 3.8) is 0 Å². The smallest absolute Gasteiger partial charge is 0.271 e. The van der Waals surface area contributed by atoms with Crippen molar-refractivity contribution in [2.75, 3.05) is 25.7 Å². The number of rotatable bonds is 8. The molecule has 0 aromatic heterocycles. The Labute approximate surface area is 213 Å². The molecule has 3 aromatic carbocycles. The summed E-state index contributed by atoms with van der Waals surface area (Å²) >= 11 is 0. The quantitative estimate of drug-likeness (QED) is 0.239. The van der Waals surface area contributed by atoms with Crippen molar-refractivity contribution in [1.29, 1.82) is 0 Å². The lowest BCUT2D eigenvalue weighted by Gasteiger charge is -2.23. The van der Waals surface area contributed by atoms with Gasteiger partial charge in [0.25, 0.3) is 11.6 Å². The van der Waals surface area contributed by atoms with Gasteiger partial charge in [0.15, 0.2) is 5.37 Å². The van der Waals surface area contributed by atoms with Crippen molar-refractivity contribution >= 4 is 33.2 Å². The zero-order chi connectivity index (χ0) is 26.7. The van der Waals surface area contributed by atoms with Gasteiger partial charge in [-0.1, -0.05) is 12.1 Å². The average molecular weight is 525 g/mol. The molecule has 0 spiro atoms. The summed E-state index contributed by atoms with van der Waals surface area (Å²) in [5.74, 6) is 0.534. The summed E-state index contributed by atoms with van der Waals surface area (Å²) in [5, 5.41) is 9.88. The lowest BCUT2D eigenvalue weighted by molar-refractivity contribution is -0.384. The maximum Gasteiger partial charge on any atom is 0.271 e. The first-order valence-electron chi connectivity index (χ1n) is 11.2. The number of nitro groups is 1. The van der Waals surface area contributed by atoms with E-state index >= 15 is 0 Å². The van der Waals surface area contributed by atoms with Crippen LogP contribution in [0.4, 0.5) is 11.4 Å². The topological polar surface area (TPSA) is 125 Å². The Hall–Kier alpha value is -4.38. The van der Waals surface area contributed by atoms with Crippen LogP contribution in [0.5, 0.6) is 17.2 Å². The molecule has 1 aliphatic heterocycles. The number of sulfone groups is 1. The number of hydrogen-bond donors (Lipinski definition) is 0. The van der Waals surface area contributed by atoms with Crippen LogP contribution in [-0.2, 0) is 14.6 Å². The fourth-order valence-electron chi connectivity index (χ4n) is 4.09. The van der Waals surface area contributed by atoms with Crippen LogP contribution in [0.2, 0.25) is 0 Å². The molecule has 0 unspecified atom stereocenters. The minimum atomic E-state index is -4.35. The van der Waals surface area contributed by atoms with Crippen LogP contribution in [0.25, 0.3) is 6.08 Å². The number of carbonyl (C=O) groups excluding carboxylic acids is 1. The second-order valence-electron chi connectivity index (χ2n) is 7.97. The molecule has 10 nitrogen and oxygen atoms in total. The largest absolute Gasteiger partial charge is 0.497 e. The molecule has 37 heavy (non-hydrogen) atoms. The number of benzene rings is 3. The number of methoxy groups -OCH3 is 2. The number of non-ortho nitro benzene ring substituents is 1. The van der Waals surface area contributed by atoms with E-state index in [4.69, 9.17) is 14.2 Å². The summed E-state index contributed by atoms with van der Waals surface area (Å²) in [7, 11) is -1.46. The van der Waals surface area contributed by atoms with Crippen molar-refractivity contribution in [3.8, 4) is 17.2 Å². The number of amides is 1. The summed E-state index contributed by atoms with van der Waals surface area (Å²) in [4.78, 5) is 25.2. The van der Waals surface area contributed by atoms with Crippen LogP contribution in [0, 0.1) is 10.1 Å². The van der Waals surface area contributed by atoms with E-state index in [1.54, 1.807) is 42.5 Å². The molecular formula is C26H24N2O8S. The van der Waals surface area contributed by atoms with Crippen LogP contribution in [-0.4, -0.2) is 40.1 Å². The van der Waals surface area contributed by atoms with E-state index in [1.807, 2.05) is 6.92 Å². The summed E-state index contributed by atoms with van der Waals surface area (Å²) in [6.07, 6.45) is 1.23. The molecule has 0 aliphatic carbocycles. The van der Waals surface area contributed by atoms with Crippen LogP contribution < -0.4 is 19.1 Å². The van der Waals surface area contributed by atoms with Crippen LogP contribution in [0.3, 0.4) is 0 Å². The third-order valence-electron chi connectivity index (χ3n) is 5.78. The zero-order valence-electron chi connectivity index (χ0n) is 20.3. The van der Waals surface area contributed by atoms with Gasteiger partial charge in [-0.3, -0.25) is 19.8 Å². The van der Waals surface area contributed by atoms with Gasteiger partial charge in [0.2, 0.25) is 9.84 Å². The predicted octanol–water partition coefficient (Wildman–Crippen LogP) is 4.51. The minimum absolute atomic E-state index is 0.0810. The average Bonchev–Trinajstić information content (AvgIpc) is 3.09. The van der Waals surface area contributed by atoms with Gasteiger partial charge in [-0.25, -0.2) is 8.42 Å². The van der Waals surface area contributed by atoms with Gasteiger partial charge >= 0.3 is 0 Å². The molecule has 11 heteroatoms. The molecule has 1 amide bonds. The van der Waals surface area contributed by atoms with Gasteiger partial charge in [0.1, 0.15) is 22.2 Å². The standard InChI is InChI=1S/C26H24N2O8S/c1-4-36-21-10-8-19(9-11-21)27-25(29)24(16-18-15-22(34-2)12-13-23(18)35-3)37(32,33)26(27)17-6-5-7-20(14-17)28(30)31/h5-16,26H,4H2,1-3H3/b24-16+/t26-/m1/s1. The number of nitro benzene ring substituents is 1. The van der Waals surface area contributed by atoms with E-state index in [-0.39, 0.29) is 16.9 Å². The normalized spacial score (nSPS) is 17.6. The molecule has 0 N–H and O–H groups in total. The van der Waals surface area contributed by atoms with Crippen LogP contribution >= 0.6 is 0 Å². The molecular weight excluding hydrogens is 500 g/mol. The lowest BCUT2D eigenvalue weighted by atomic mass is 10.1. The third kappa shape index (κ3) is 4.85. The monoisotopic (exact) mass is 524 g/mol. The second-order valence-corrected chi connectivity index (χ2v) is 9.94. The fourth-order valence-corrected chi connectivity index (χ4v) is 5.96. The van der Waals surface area contributed by atoms with Crippen molar-refractivity contribution in [2.24, 2.45) is 0 Å². The maximum atomic E-state index is 13.9. The van der Waals surface area contributed by atoms with Crippen molar-refractivity contribution in [3.05, 3.63) is 92.9 Å². The number of nitrogens with zero attached hydrogens (tertiary/aromatic N) is 2. The minimum Gasteiger partial charge on any atom is -0.497 e. The highest BCUT2D eigenvalue weighted by molar-refractivity contribution is 7.97. The van der Waals surface area contributed by atoms with Gasteiger partial charge in [-0.2, -0.15) is 0 Å². The molecule has 1 fully saturated rings. The van der Waals surface area contributed by atoms with Gasteiger partial charge < -0.3 is 14.2 Å². The third-order valence-corrected chi connectivity index (χ3v) is 7.76. The number of hydrogen-bond acceptors (Lipinski definition) is 8. The molecule has 0 bridgehead atoms. The van der Waals surface area contributed by atoms with Crippen LogP contribution in [0.1, 0.15) is 23.4 Å². The highest BCUT2D eigenvalue weighted by Crippen LogP contribution is 2.45. The Bertz CT molecular complexity index is 1480. The molecule has 0 saturated carbocycles. The first-order chi connectivity index (χ1) is 17.7. The van der Waals surface area contributed by atoms with E-state index in [1.165, 1.54) is 38.5 Å². The Morgan fingerprint density at radius 1 is 1.00 bits per heavy atom. The van der Waals surface area contributed by atoms with Gasteiger partial charge in [-0.15, -0.1) is 0 Å². The summed E-state index contributed by atoms with van der Waals surface area (Å²) in [6, 6.07) is 16.4. The van der Waals surface area contributed by atoms with Crippen molar-refractivity contribution in [2.45, 2.75) is 12.3 Å². The Morgan fingerprint density at radius 3 is 2.32 bits per heavy atom. The zero-order valence-corrected chi connectivity index (χ0v) is 21.1. The van der Waals surface area contributed by atoms with E-state index < -0.39 is 30.9 Å². The summed E-state index contributed by atoms with van der Waals surface area (Å²) in [6.45, 7) is 2.26. The Morgan fingerprint density at radius 2 is 1.70 bits per heavy atom. The van der Waals surface area contributed by atoms with E-state index in [9.17, 15) is 23.3 Å². The van der Waals surface area contributed by atoms with Crippen molar-refractivity contribution in [1.82, 2.24) is 0 Å². The first kappa shape index (κ1) is 25.7. The number of carbonyl (C=O) groups is 1. The molecule has 1 atom stereocenters. The molecule has 3 aromatic rings. The van der Waals surface area contributed by atoms with Gasteiger partial charge in [-0.05, 0) is 61.0 Å². The van der Waals surface area contributed by atoms with E-state index in [0.29, 0.717) is 29.4 Å². The highest BCUT2D eigenvalue weighted by atomic mass is 32.2. The SMILES string of the molecule is CCOc1ccc(N2C(=O)/C(=C\c3cc(OC)ccc3OC)S(=O)(=O)[C@@H]2c2cccc([N+](=O)[O-])c2)cc1. The molecule has 192 valence electrons. The van der Waals surface area contributed by atoms with E-state index in [2.05, 4.69) is 0 Å². The number of anilines is 1. The van der Waals surface area contributed by atoms with E-state index in [0.717, 1.165) is 11.0 Å². The second kappa shape index (κ2) is 10.3. The molecule has 0 radical (unpaired) electrons. The summed E-state index contributed by atoms with van der Waals surface area (Å²) < 4.78 is 43.8. The number of ether oxygens (including phenoxy) is 3. The Kier molecular flexibility index (Phi) is 7.16. The molecule has 1 saturated heterocycles. The maximum absolute atomic E-state index is 13.9.